The molecule has 1 aromatic carbocycles. The van der Waals surface area contributed by atoms with Gasteiger partial charge in [0, 0.05) is 6.42 Å². The van der Waals surface area contributed by atoms with E-state index < -0.39 is 15.9 Å². The Labute approximate surface area is 89.0 Å². The molecule has 1 aliphatic rings. The third-order valence-corrected chi connectivity index (χ3v) is 4.29. The molecule has 4 heteroatoms. The first kappa shape index (κ1) is 10.4. The number of hydrogen-bond donors (Lipinski definition) is 1. The van der Waals surface area contributed by atoms with E-state index in [1.165, 1.54) is 0 Å². The molecule has 1 atom stereocenters. The number of benzene rings is 1. The number of fused-ring (bicyclic) bond motifs is 1. The van der Waals surface area contributed by atoms with Crippen LogP contribution in [0, 0.1) is 0 Å². The lowest BCUT2D eigenvalue weighted by Gasteiger charge is -2.05. The maximum Gasteiger partial charge on any atom is 0.203 e. The summed E-state index contributed by atoms with van der Waals surface area (Å²) in [6.45, 7) is 1.58. The standard InChI is InChI=1S/C11H12O3S/c1-8(12)6-10-7-9-4-2-3-5-11(9)15(10,13)14/h2-5,7-8,12H,6H2,1H3. The van der Waals surface area contributed by atoms with Crippen LogP contribution in [-0.2, 0) is 9.84 Å². The summed E-state index contributed by atoms with van der Waals surface area (Å²) < 4.78 is 23.9. The molecule has 2 rings (SSSR count). The van der Waals surface area contributed by atoms with Gasteiger partial charge in [0.15, 0.2) is 0 Å². The molecule has 0 bridgehead atoms. The lowest BCUT2D eigenvalue weighted by molar-refractivity contribution is 0.197. The number of sulfone groups is 1. The Balaban J connectivity index is 2.50. The van der Waals surface area contributed by atoms with E-state index >= 15 is 0 Å². The summed E-state index contributed by atoms with van der Waals surface area (Å²) in [5, 5.41) is 9.22. The second kappa shape index (κ2) is 3.47. The summed E-state index contributed by atoms with van der Waals surface area (Å²) in [6.07, 6.45) is 1.18. The Morgan fingerprint density at radius 3 is 2.60 bits per heavy atom. The van der Waals surface area contributed by atoms with Crippen molar-refractivity contribution in [3.05, 3.63) is 34.7 Å². The van der Waals surface area contributed by atoms with Gasteiger partial charge in [-0.25, -0.2) is 8.42 Å². The quantitative estimate of drug-likeness (QED) is 0.830. The molecular formula is C11H12O3S. The van der Waals surface area contributed by atoms with E-state index in [0.29, 0.717) is 15.4 Å². The van der Waals surface area contributed by atoms with Gasteiger partial charge in [-0.1, -0.05) is 18.2 Å². The molecule has 0 aliphatic carbocycles. The highest BCUT2D eigenvalue weighted by molar-refractivity contribution is 7.95. The second-order valence-electron chi connectivity index (χ2n) is 3.71. The summed E-state index contributed by atoms with van der Waals surface area (Å²) in [4.78, 5) is 0.652. The van der Waals surface area contributed by atoms with Crippen molar-refractivity contribution in [3.63, 3.8) is 0 Å². The Morgan fingerprint density at radius 2 is 2.00 bits per heavy atom. The second-order valence-corrected chi connectivity index (χ2v) is 5.68. The van der Waals surface area contributed by atoms with Crippen molar-refractivity contribution in [1.82, 2.24) is 0 Å². The SMILES string of the molecule is CC(O)CC1=Cc2ccccc2S1(=O)=O. The molecule has 0 amide bonds. The third kappa shape index (κ3) is 1.70. The van der Waals surface area contributed by atoms with Gasteiger partial charge in [-0.05, 0) is 24.6 Å². The van der Waals surface area contributed by atoms with Gasteiger partial charge in [-0.3, -0.25) is 0 Å². The lowest BCUT2D eigenvalue weighted by Crippen LogP contribution is -2.07. The van der Waals surface area contributed by atoms with Crippen LogP contribution >= 0.6 is 0 Å². The molecule has 0 radical (unpaired) electrons. The largest absolute Gasteiger partial charge is 0.393 e. The Kier molecular flexibility index (Phi) is 2.40. The minimum atomic E-state index is -3.34. The van der Waals surface area contributed by atoms with E-state index in [-0.39, 0.29) is 6.42 Å². The molecule has 0 aromatic heterocycles. The Morgan fingerprint density at radius 1 is 1.33 bits per heavy atom. The maximum absolute atomic E-state index is 11.9. The summed E-state index contributed by atoms with van der Waals surface area (Å²) in [5.41, 5.74) is 0.716. The van der Waals surface area contributed by atoms with Gasteiger partial charge in [-0.15, -0.1) is 0 Å². The van der Waals surface area contributed by atoms with Gasteiger partial charge in [0.25, 0.3) is 0 Å². The molecule has 0 fully saturated rings. The fourth-order valence-corrected chi connectivity index (χ4v) is 3.42. The van der Waals surface area contributed by atoms with Crippen LogP contribution < -0.4 is 0 Å². The van der Waals surface area contributed by atoms with Crippen LogP contribution in [0.4, 0.5) is 0 Å². The normalized spacial score (nSPS) is 19.5. The molecule has 3 nitrogen and oxygen atoms in total. The molecule has 1 aromatic rings. The average molecular weight is 224 g/mol. The fraction of sp³-hybridized carbons (Fsp3) is 0.273. The molecule has 15 heavy (non-hydrogen) atoms. The topological polar surface area (TPSA) is 54.4 Å². The predicted octanol–water partition coefficient (Wildman–Crippen LogP) is 1.59. The number of aliphatic hydroxyl groups excluding tert-OH is 1. The van der Waals surface area contributed by atoms with Crippen LogP contribution in [0.3, 0.4) is 0 Å². The number of aliphatic hydroxyl groups is 1. The summed E-state index contributed by atoms with van der Waals surface area (Å²) in [5.74, 6) is 0. The molecule has 80 valence electrons. The zero-order valence-electron chi connectivity index (χ0n) is 8.34. The first-order chi connectivity index (χ1) is 7.01. The molecular weight excluding hydrogens is 212 g/mol. The summed E-state index contributed by atoms with van der Waals surface area (Å²) in [6, 6.07) is 6.86. The summed E-state index contributed by atoms with van der Waals surface area (Å²) in [7, 11) is -3.34. The maximum atomic E-state index is 11.9. The van der Waals surface area contributed by atoms with Gasteiger partial charge >= 0.3 is 0 Å². The van der Waals surface area contributed by atoms with Crippen LogP contribution in [0.25, 0.3) is 6.08 Å². The lowest BCUT2D eigenvalue weighted by atomic mass is 10.2. The number of hydrogen-bond acceptors (Lipinski definition) is 3. The van der Waals surface area contributed by atoms with Crippen molar-refractivity contribution >= 4 is 15.9 Å². The Bertz CT molecular complexity index is 512. The van der Waals surface area contributed by atoms with Crippen molar-refractivity contribution in [2.45, 2.75) is 24.3 Å². The highest BCUT2D eigenvalue weighted by Crippen LogP contribution is 2.34. The van der Waals surface area contributed by atoms with Crippen molar-refractivity contribution in [2.24, 2.45) is 0 Å². The van der Waals surface area contributed by atoms with E-state index in [1.54, 1.807) is 37.3 Å². The van der Waals surface area contributed by atoms with Crippen LogP contribution in [0.15, 0.2) is 34.1 Å². The third-order valence-electron chi connectivity index (χ3n) is 2.37. The highest BCUT2D eigenvalue weighted by Gasteiger charge is 2.29. The molecule has 1 N–H and O–H groups in total. The van der Waals surface area contributed by atoms with Gasteiger partial charge in [0.1, 0.15) is 0 Å². The van der Waals surface area contributed by atoms with Crippen molar-refractivity contribution in [3.8, 4) is 0 Å². The van der Waals surface area contributed by atoms with Crippen molar-refractivity contribution in [2.75, 3.05) is 0 Å². The van der Waals surface area contributed by atoms with Crippen LogP contribution in [-0.4, -0.2) is 19.6 Å². The van der Waals surface area contributed by atoms with Gasteiger partial charge < -0.3 is 5.11 Å². The van der Waals surface area contributed by atoms with E-state index in [2.05, 4.69) is 0 Å². The molecule has 1 unspecified atom stereocenters. The van der Waals surface area contributed by atoms with Crippen molar-refractivity contribution < 1.29 is 13.5 Å². The monoisotopic (exact) mass is 224 g/mol. The number of rotatable bonds is 2. The van der Waals surface area contributed by atoms with Crippen molar-refractivity contribution in [1.29, 1.82) is 0 Å². The minimum Gasteiger partial charge on any atom is -0.393 e. The van der Waals surface area contributed by atoms with Gasteiger partial charge in [0.2, 0.25) is 9.84 Å². The van der Waals surface area contributed by atoms with E-state index in [1.807, 2.05) is 0 Å². The molecule has 0 spiro atoms. The highest BCUT2D eigenvalue weighted by atomic mass is 32.2. The van der Waals surface area contributed by atoms with Gasteiger partial charge in [0.05, 0.1) is 15.9 Å². The predicted molar refractivity (Wildman–Crippen MR) is 57.9 cm³/mol. The zero-order valence-corrected chi connectivity index (χ0v) is 9.16. The Hall–Kier alpha value is -1.13. The average Bonchev–Trinajstić information content (AvgIpc) is 2.39. The summed E-state index contributed by atoms with van der Waals surface area (Å²) >= 11 is 0. The van der Waals surface area contributed by atoms with E-state index in [4.69, 9.17) is 0 Å². The van der Waals surface area contributed by atoms with Gasteiger partial charge in [-0.2, -0.15) is 0 Å². The first-order valence-corrected chi connectivity index (χ1v) is 6.23. The molecule has 0 saturated heterocycles. The fourth-order valence-electron chi connectivity index (χ4n) is 1.70. The van der Waals surface area contributed by atoms with Crippen LogP contribution in [0.5, 0.6) is 0 Å². The minimum absolute atomic E-state index is 0.178. The smallest absolute Gasteiger partial charge is 0.203 e. The van der Waals surface area contributed by atoms with Crippen LogP contribution in [0.2, 0.25) is 0 Å². The first-order valence-electron chi connectivity index (χ1n) is 4.74. The van der Waals surface area contributed by atoms with Crippen LogP contribution in [0.1, 0.15) is 18.9 Å². The van der Waals surface area contributed by atoms with E-state index in [9.17, 15) is 13.5 Å². The zero-order chi connectivity index (χ0) is 11.1. The molecule has 0 saturated carbocycles. The van der Waals surface area contributed by atoms with E-state index in [0.717, 1.165) is 0 Å². The molecule has 1 heterocycles. The molecule has 1 aliphatic heterocycles.